The van der Waals surface area contributed by atoms with E-state index in [0.717, 1.165) is 13.1 Å². The molecule has 1 unspecified atom stereocenters. The Labute approximate surface area is 86.7 Å². The molecule has 2 N–H and O–H groups in total. The molecule has 0 fully saturated rings. The van der Waals surface area contributed by atoms with Crippen LogP contribution in [0.1, 0.15) is 32.6 Å². The van der Waals surface area contributed by atoms with Gasteiger partial charge in [-0.15, -0.1) is 6.58 Å². The summed E-state index contributed by atoms with van der Waals surface area (Å²) >= 11 is 0. The molecule has 0 radical (unpaired) electrons. The number of rotatable bonds is 6. The minimum atomic E-state index is 0.513. The van der Waals surface area contributed by atoms with Crippen LogP contribution in [-0.4, -0.2) is 30.0 Å². The van der Waals surface area contributed by atoms with E-state index in [4.69, 9.17) is 5.73 Å². The number of unbranched alkanes of at least 4 members (excludes halogenated alkanes) is 2. The van der Waals surface area contributed by atoms with E-state index < -0.39 is 0 Å². The second-order valence-corrected chi connectivity index (χ2v) is 3.79. The lowest BCUT2D eigenvalue weighted by atomic mass is 10.1. The average molecular weight is 195 g/mol. The molecule has 3 nitrogen and oxygen atoms in total. The first kappa shape index (κ1) is 11.1. The Morgan fingerprint density at radius 1 is 1.64 bits per heavy atom. The Bertz CT molecular complexity index is 211. The summed E-state index contributed by atoms with van der Waals surface area (Å²) in [5.74, 6) is 0.686. The summed E-state index contributed by atoms with van der Waals surface area (Å²) in [6.07, 6.45) is 6.94. The van der Waals surface area contributed by atoms with Gasteiger partial charge in [0.25, 0.3) is 0 Å². The Morgan fingerprint density at radius 2 is 2.43 bits per heavy atom. The van der Waals surface area contributed by atoms with E-state index in [1.165, 1.54) is 25.7 Å². The lowest BCUT2D eigenvalue weighted by molar-refractivity contribution is 0.342. The second-order valence-electron chi connectivity index (χ2n) is 3.79. The molecule has 1 atom stereocenters. The SMILES string of the molecule is C=CCN1C(N)=NCC1CCCCC. The fraction of sp³-hybridized carbons (Fsp3) is 0.727. The molecule has 0 amide bonds. The molecule has 0 aliphatic carbocycles. The standard InChI is InChI=1S/C11H21N3/c1-3-5-6-7-10-9-13-11(12)14(10)8-4-2/h4,10H,2-3,5-9H2,1H3,(H2,12,13). The summed E-state index contributed by atoms with van der Waals surface area (Å²) < 4.78 is 0. The van der Waals surface area contributed by atoms with E-state index in [1.807, 2.05) is 6.08 Å². The molecule has 0 bridgehead atoms. The Hall–Kier alpha value is -0.990. The molecule has 80 valence electrons. The quantitative estimate of drug-likeness (QED) is 0.518. The minimum absolute atomic E-state index is 0.513. The third-order valence-corrected chi connectivity index (χ3v) is 2.67. The number of hydrogen-bond acceptors (Lipinski definition) is 3. The third kappa shape index (κ3) is 2.76. The Morgan fingerprint density at radius 3 is 3.07 bits per heavy atom. The number of guanidine groups is 1. The topological polar surface area (TPSA) is 41.6 Å². The van der Waals surface area contributed by atoms with Gasteiger partial charge in [-0.2, -0.15) is 0 Å². The summed E-state index contributed by atoms with van der Waals surface area (Å²) in [4.78, 5) is 6.42. The molecule has 0 saturated carbocycles. The zero-order valence-corrected chi connectivity index (χ0v) is 9.08. The molecule has 0 saturated heterocycles. The number of nitrogens with two attached hydrogens (primary N) is 1. The van der Waals surface area contributed by atoms with Crippen molar-refractivity contribution in [3.63, 3.8) is 0 Å². The molecule has 0 aromatic heterocycles. The van der Waals surface area contributed by atoms with Gasteiger partial charge < -0.3 is 10.6 Å². The highest BCUT2D eigenvalue weighted by molar-refractivity contribution is 5.80. The summed E-state index contributed by atoms with van der Waals surface area (Å²) in [5.41, 5.74) is 5.79. The Balaban J connectivity index is 2.34. The van der Waals surface area contributed by atoms with Crippen molar-refractivity contribution in [2.75, 3.05) is 13.1 Å². The van der Waals surface area contributed by atoms with Gasteiger partial charge in [0.1, 0.15) is 0 Å². The fourth-order valence-corrected chi connectivity index (χ4v) is 1.83. The first-order valence-corrected chi connectivity index (χ1v) is 5.47. The molecule has 14 heavy (non-hydrogen) atoms. The van der Waals surface area contributed by atoms with Crippen LogP contribution in [0.15, 0.2) is 17.6 Å². The van der Waals surface area contributed by atoms with Crippen LogP contribution < -0.4 is 5.73 Å². The van der Waals surface area contributed by atoms with Crippen molar-refractivity contribution in [3.05, 3.63) is 12.7 Å². The number of nitrogens with zero attached hydrogens (tertiary/aromatic N) is 2. The van der Waals surface area contributed by atoms with Gasteiger partial charge in [0.2, 0.25) is 0 Å². The summed E-state index contributed by atoms with van der Waals surface area (Å²) in [6, 6.07) is 0.513. The summed E-state index contributed by atoms with van der Waals surface area (Å²) in [6.45, 7) is 7.65. The first-order chi connectivity index (χ1) is 6.79. The third-order valence-electron chi connectivity index (χ3n) is 2.67. The van der Waals surface area contributed by atoms with Crippen LogP contribution in [0.4, 0.5) is 0 Å². The number of hydrogen-bond donors (Lipinski definition) is 1. The molecular weight excluding hydrogens is 174 g/mol. The van der Waals surface area contributed by atoms with Crippen LogP contribution >= 0.6 is 0 Å². The fourth-order valence-electron chi connectivity index (χ4n) is 1.83. The highest BCUT2D eigenvalue weighted by Crippen LogP contribution is 2.15. The smallest absolute Gasteiger partial charge is 0.191 e. The van der Waals surface area contributed by atoms with Crippen LogP contribution in [0.25, 0.3) is 0 Å². The lowest BCUT2D eigenvalue weighted by Gasteiger charge is -2.24. The van der Waals surface area contributed by atoms with Crippen molar-refractivity contribution < 1.29 is 0 Å². The van der Waals surface area contributed by atoms with Crippen molar-refractivity contribution in [2.45, 2.75) is 38.6 Å². The molecule has 1 rings (SSSR count). The van der Waals surface area contributed by atoms with Crippen LogP contribution in [-0.2, 0) is 0 Å². The van der Waals surface area contributed by atoms with E-state index in [2.05, 4.69) is 23.4 Å². The van der Waals surface area contributed by atoms with Crippen molar-refractivity contribution in [2.24, 2.45) is 10.7 Å². The normalized spacial score (nSPS) is 21.1. The molecule has 0 aromatic rings. The zero-order chi connectivity index (χ0) is 10.4. The van der Waals surface area contributed by atoms with Gasteiger partial charge in [-0.3, -0.25) is 4.99 Å². The summed E-state index contributed by atoms with van der Waals surface area (Å²) in [7, 11) is 0. The maximum atomic E-state index is 5.79. The maximum absolute atomic E-state index is 5.79. The molecule has 1 aliphatic heterocycles. The van der Waals surface area contributed by atoms with Gasteiger partial charge in [0.05, 0.1) is 12.6 Å². The molecule has 1 aliphatic rings. The van der Waals surface area contributed by atoms with Gasteiger partial charge in [-0.25, -0.2) is 0 Å². The van der Waals surface area contributed by atoms with Crippen LogP contribution in [0.3, 0.4) is 0 Å². The van der Waals surface area contributed by atoms with E-state index >= 15 is 0 Å². The molecule has 3 heteroatoms. The highest BCUT2D eigenvalue weighted by atomic mass is 15.3. The van der Waals surface area contributed by atoms with Crippen LogP contribution in [0.2, 0.25) is 0 Å². The predicted octanol–water partition coefficient (Wildman–Crippen LogP) is 1.75. The first-order valence-electron chi connectivity index (χ1n) is 5.47. The Kier molecular flexibility index (Phi) is 4.50. The highest BCUT2D eigenvalue weighted by Gasteiger charge is 2.23. The molecule has 0 spiro atoms. The summed E-state index contributed by atoms with van der Waals surface area (Å²) in [5, 5.41) is 0. The monoisotopic (exact) mass is 195 g/mol. The van der Waals surface area contributed by atoms with Crippen molar-refractivity contribution in [1.29, 1.82) is 0 Å². The minimum Gasteiger partial charge on any atom is -0.370 e. The average Bonchev–Trinajstić information content (AvgIpc) is 2.51. The van der Waals surface area contributed by atoms with E-state index in [-0.39, 0.29) is 0 Å². The van der Waals surface area contributed by atoms with E-state index in [9.17, 15) is 0 Å². The van der Waals surface area contributed by atoms with Gasteiger partial charge in [-0.05, 0) is 6.42 Å². The van der Waals surface area contributed by atoms with Gasteiger partial charge >= 0.3 is 0 Å². The van der Waals surface area contributed by atoms with Gasteiger partial charge in [-0.1, -0.05) is 32.3 Å². The van der Waals surface area contributed by atoms with Gasteiger partial charge in [0, 0.05) is 6.54 Å². The van der Waals surface area contributed by atoms with Gasteiger partial charge in [0.15, 0.2) is 5.96 Å². The van der Waals surface area contributed by atoms with Crippen LogP contribution in [0.5, 0.6) is 0 Å². The second kappa shape index (κ2) is 5.68. The lowest BCUT2D eigenvalue weighted by Crippen LogP contribution is -2.40. The molecular formula is C11H21N3. The number of aliphatic imine (C=N–C) groups is 1. The van der Waals surface area contributed by atoms with Crippen molar-refractivity contribution >= 4 is 5.96 Å². The predicted molar refractivity (Wildman–Crippen MR) is 61.3 cm³/mol. The van der Waals surface area contributed by atoms with E-state index in [0.29, 0.717) is 12.0 Å². The molecule has 1 heterocycles. The van der Waals surface area contributed by atoms with Crippen LogP contribution in [0, 0.1) is 0 Å². The van der Waals surface area contributed by atoms with Crippen molar-refractivity contribution in [3.8, 4) is 0 Å². The van der Waals surface area contributed by atoms with Crippen molar-refractivity contribution in [1.82, 2.24) is 4.90 Å². The van der Waals surface area contributed by atoms with E-state index in [1.54, 1.807) is 0 Å². The molecule has 0 aromatic carbocycles. The zero-order valence-electron chi connectivity index (χ0n) is 9.08. The maximum Gasteiger partial charge on any atom is 0.191 e. The largest absolute Gasteiger partial charge is 0.370 e.